The highest BCUT2D eigenvalue weighted by Gasteiger charge is 2.23. The molecule has 2 rings (SSSR count). The van der Waals surface area contributed by atoms with Gasteiger partial charge < -0.3 is 9.64 Å². The SMILES string of the molecule is CC1CCCN(C(=O)COC(=O)C(C)Cc2cccc(F)c2)C1. The number of esters is 1. The third-order valence-corrected chi connectivity index (χ3v) is 4.18. The van der Waals surface area contributed by atoms with Gasteiger partial charge in [0.1, 0.15) is 5.82 Å². The van der Waals surface area contributed by atoms with Crippen LogP contribution >= 0.6 is 0 Å². The minimum absolute atomic E-state index is 0.136. The van der Waals surface area contributed by atoms with E-state index in [4.69, 9.17) is 4.74 Å². The van der Waals surface area contributed by atoms with Crippen LogP contribution in [-0.2, 0) is 20.7 Å². The van der Waals surface area contributed by atoms with Crippen LogP contribution in [0.25, 0.3) is 0 Å². The molecule has 2 unspecified atom stereocenters. The smallest absolute Gasteiger partial charge is 0.309 e. The van der Waals surface area contributed by atoms with Crippen LogP contribution in [0.2, 0.25) is 0 Å². The lowest BCUT2D eigenvalue weighted by Crippen LogP contribution is -2.41. The zero-order valence-electron chi connectivity index (χ0n) is 13.8. The molecule has 0 N–H and O–H groups in total. The molecule has 1 aliphatic heterocycles. The average molecular weight is 321 g/mol. The fourth-order valence-corrected chi connectivity index (χ4v) is 2.88. The van der Waals surface area contributed by atoms with Gasteiger partial charge in [0.05, 0.1) is 5.92 Å². The molecule has 0 bridgehead atoms. The van der Waals surface area contributed by atoms with Crippen molar-refractivity contribution in [1.29, 1.82) is 0 Å². The van der Waals surface area contributed by atoms with Crippen molar-refractivity contribution in [1.82, 2.24) is 4.90 Å². The molecule has 23 heavy (non-hydrogen) atoms. The Bertz CT molecular complexity index is 561. The predicted octanol–water partition coefficient (Wildman–Crippen LogP) is 2.81. The van der Waals surface area contributed by atoms with Crippen LogP contribution in [0, 0.1) is 17.7 Å². The van der Waals surface area contributed by atoms with Crippen molar-refractivity contribution < 1.29 is 18.7 Å². The van der Waals surface area contributed by atoms with Gasteiger partial charge in [0, 0.05) is 13.1 Å². The Labute approximate surface area is 136 Å². The first kappa shape index (κ1) is 17.4. The number of hydrogen-bond acceptors (Lipinski definition) is 3. The van der Waals surface area contributed by atoms with Gasteiger partial charge >= 0.3 is 5.97 Å². The number of halogens is 1. The zero-order chi connectivity index (χ0) is 16.8. The summed E-state index contributed by atoms with van der Waals surface area (Å²) in [6, 6.07) is 6.16. The summed E-state index contributed by atoms with van der Waals surface area (Å²) in [6.07, 6.45) is 2.52. The van der Waals surface area contributed by atoms with Gasteiger partial charge in [-0.3, -0.25) is 9.59 Å². The van der Waals surface area contributed by atoms with Crippen molar-refractivity contribution in [2.75, 3.05) is 19.7 Å². The summed E-state index contributed by atoms with van der Waals surface area (Å²) in [5.41, 5.74) is 0.741. The molecule has 0 spiro atoms. The summed E-state index contributed by atoms with van der Waals surface area (Å²) >= 11 is 0. The Hall–Kier alpha value is -1.91. The molecular formula is C18H24FNO3. The highest BCUT2D eigenvalue weighted by Crippen LogP contribution is 2.16. The molecule has 1 amide bonds. The molecule has 1 aliphatic rings. The summed E-state index contributed by atoms with van der Waals surface area (Å²) in [7, 11) is 0. The van der Waals surface area contributed by atoms with Gasteiger partial charge in [0.2, 0.25) is 0 Å². The molecule has 1 fully saturated rings. The average Bonchev–Trinajstić information content (AvgIpc) is 2.52. The molecule has 1 saturated heterocycles. The Balaban J connectivity index is 1.78. The fraction of sp³-hybridized carbons (Fsp3) is 0.556. The van der Waals surface area contributed by atoms with Crippen LogP contribution in [0.3, 0.4) is 0 Å². The van der Waals surface area contributed by atoms with Crippen LogP contribution < -0.4 is 0 Å². The number of nitrogens with zero attached hydrogens (tertiary/aromatic N) is 1. The van der Waals surface area contributed by atoms with E-state index in [0.717, 1.165) is 31.5 Å². The molecule has 4 nitrogen and oxygen atoms in total. The molecular weight excluding hydrogens is 297 g/mol. The van der Waals surface area contributed by atoms with Gasteiger partial charge in [0.15, 0.2) is 6.61 Å². The van der Waals surface area contributed by atoms with E-state index in [2.05, 4.69) is 6.92 Å². The standard InChI is InChI=1S/C18H24FNO3/c1-13-5-4-8-20(11-13)17(21)12-23-18(22)14(2)9-15-6-3-7-16(19)10-15/h3,6-7,10,13-14H,4-5,8-9,11-12H2,1-2H3. The zero-order valence-corrected chi connectivity index (χ0v) is 13.8. The molecule has 126 valence electrons. The lowest BCUT2D eigenvalue weighted by Gasteiger charge is -2.30. The maximum Gasteiger partial charge on any atom is 0.309 e. The first-order valence-electron chi connectivity index (χ1n) is 8.14. The van der Waals surface area contributed by atoms with E-state index >= 15 is 0 Å². The van der Waals surface area contributed by atoms with Crippen molar-refractivity contribution in [2.45, 2.75) is 33.1 Å². The molecule has 5 heteroatoms. The van der Waals surface area contributed by atoms with Crippen LogP contribution in [0.1, 0.15) is 32.3 Å². The molecule has 2 atom stereocenters. The number of carbonyl (C=O) groups is 2. The van der Waals surface area contributed by atoms with Gasteiger partial charge in [-0.05, 0) is 42.9 Å². The van der Waals surface area contributed by atoms with Gasteiger partial charge in [-0.2, -0.15) is 0 Å². The van der Waals surface area contributed by atoms with E-state index in [1.165, 1.54) is 12.1 Å². The van der Waals surface area contributed by atoms with Crippen LogP contribution in [-0.4, -0.2) is 36.5 Å². The maximum absolute atomic E-state index is 13.1. The summed E-state index contributed by atoms with van der Waals surface area (Å²) in [5, 5.41) is 0. The third kappa shape index (κ3) is 5.34. The summed E-state index contributed by atoms with van der Waals surface area (Å²) < 4.78 is 18.3. The number of hydrogen-bond donors (Lipinski definition) is 0. The quantitative estimate of drug-likeness (QED) is 0.784. The Morgan fingerprint density at radius 3 is 2.91 bits per heavy atom. The first-order valence-corrected chi connectivity index (χ1v) is 8.14. The van der Waals surface area contributed by atoms with Crippen LogP contribution in [0.4, 0.5) is 4.39 Å². The molecule has 0 aliphatic carbocycles. The molecule has 1 heterocycles. The minimum atomic E-state index is -0.423. The third-order valence-electron chi connectivity index (χ3n) is 4.18. The number of piperidine rings is 1. The lowest BCUT2D eigenvalue weighted by molar-refractivity contribution is -0.155. The van der Waals surface area contributed by atoms with Crippen molar-refractivity contribution in [3.05, 3.63) is 35.6 Å². The minimum Gasteiger partial charge on any atom is -0.455 e. The van der Waals surface area contributed by atoms with E-state index in [0.29, 0.717) is 12.3 Å². The number of benzene rings is 1. The molecule has 1 aromatic carbocycles. The van der Waals surface area contributed by atoms with Crippen molar-refractivity contribution in [2.24, 2.45) is 11.8 Å². The number of amides is 1. The van der Waals surface area contributed by atoms with Gasteiger partial charge in [-0.25, -0.2) is 4.39 Å². The van der Waals surface area contributed by atoms with E-state index in [9.17, 15) is 14.0 Å². The van der Waals surface area contributed by atoms with E-state index in [1.54, 1.807) is 24.0 Å². The van der Waals surface area contributed by atoms with Gasteiger partial charge in [0.25, 0.3) is 5.91 Å². The summed E-state index contributed by atoms with van der Waals surface area (Å²) in [6.45, 7) is 5.10. The van der Waals surface area contributed by atoms with Crippen molar-refractivity contribution in [3.63, 3.8) is 0 Å². The van der Waals surface area contributed by atoms with E-state index in [1.807, 2.05) is 0 Å². The second-order valence-corrected chi connectivity index (χ2v) is 6.43. The number of carbonyl (C=O) groups excluding carboxylic acids is 2. The van der Waals surface area contributed by atoms with Crippen molar-refractivity contribution in [3.8, 4) is 0 Å². The fourth-order valence-electron chi connectivity index (χ4n) is 2.88. The van der Waals surface area contributed by atoms with Gasteiger partial charge in [-0.15, -0.1) is 0 Å². The lowest BCUT2D eigenvalue weighted by atomic mass is 10.0. The van der Waals surface area contributed by atoms with Crippen LogP contribution in [0.15, 0.2) is 24.3 Å². The Morgan fingerprint density at radius 1 is 1.43 bits per heavy atom. The van der Waals surface area contributed by atoms with E-state index in [-0.39, 0.29) is 18.3 Å². The molecule has 0 aromatic heterocycles. The number of ether oxygens (including phenoxy) is 1. The number of rotatable bonds is 5. The molecule has 0 radical (unpaired) electrons. The monoisotopic (exact) mass is 321 g/mol. The maximum atomic E-state index is 13.1. The molecule has 1 aromatic rings. The Kier molecular flexibility index (Phi) is 6.13. The number of likely N-dealkylation sites (tertiary alicyclic amines) is 1. The predicted molar refractivity (Wildman–Crippen MR) is 85.2 cm³/mol. The topological polar surface area (TPSA) is 46.6 Å². The molecule has 0 saturated carbocycles. The normalized spacial score (nSPS) is 19.3. The summed E-state index contributed by atoms with van der Waals surface area (Å²) in [5.74, 6) is -0.798. The largest absolute Gasteiger partial charge is 0.455 e. The van der Waals surface area contributed by atoms with Gasteiger partial charge in [-0.1, -0.05) is 26.0 Å². The highest BCUT2D eigenvalue weighted by atomic mass is 19.1. The Morgan fingerprint density at radius 2 is 2.22 bits per heavy atom. The second-order valence-electron chi connectivity index (χ2n) is 6.43. The van der Waals surface area contributed by atoms with Crippen LogP contribution in [0.5, 0.6) is 0 Å². The summed E-state index contributed by atoms with van der Waals surface area (Å²) in [4.78, 5) is 25.8. The first-order chi connectivity index (χ1) is 11.0. The second kappa shape index (κ2) is 8.09. The highest BCUT2D eigenvalue weighted by molar-refractivity contribution is 5.81. The van der Waals surface area contributed by atoms with E-state index < -0.39 is 11.9 Å². The van der Waals surface area contributed by atoms with Crippen molar-refractivity contribution >= 4 is 11.9 Å².